The predicted octanol–water partition coefficient (Wildman–Crippen LogP) is 3.29. The number of benzene rings is 2. The fraction of sp³-hybridized carbons (Fsp3) is 0.188. The predicted molar refractivity (Wildman–Crippen MR) is 84.7 cm³/mol. The summed E-state index contributed by atoms with van der Waals surface area (Å²) < 4.78 is 36.3. The lowest BCUT2D eigenvalue weighted by atomic mass is 10.2. The highest BCUT2D eigenvalue weighted by Gasteiger charge is 2.18. The van der Waals surface area contributed by atoms with Crippen LogP contribution in [0.15, 0.2) is 36.4 Å². The Bertz CT molecular complexity index is 798. The lowest BCUT2D eigenvalue weighted by Gasteiger charge is -2.10. The van der Waals surface area contributed by atoms with Gasteiger partial charge in [0.15, 0.2) is 18.2 Å². The lowest BCUT2D eigenvalue weighted by molar-refractivity contribution is -0.384. The molecule has 0 saturated carbocycles. The minimum Gasteiger partial charge on any atom is -0.494 e. The number of amides is 1. The van der Waals surface area contributed by atoms with Crippen molar-refractivity contribution >= 4 is 17.3 Å². The van der Waals surface area contributed by atoms with Crippen molar-refractivity contribution in [2.45, 2.75) is 6.92 Å². The Morgan fingerprint density at radius 1 is 1.20 bits per heavy atom. The molecule has 0 heterocycles. The number of hydrogen-bond donors (Lipinski definition) is 1. The summed E-state index contributed by atoms with van der Waals surface area (Å²) in [6.45, 7) is 1.46. The zero-order valence-electron chi connectivity index (χ0n) is 13.1. The molecule has 0 fully saturated rings. The first kappa shape index (κ1) is 18.1. The normalized spacial score (nSPS) is 10.2. The highest BCUT2D eigenvalue weighted by molar-refractivity contribution is 5.94. The van der Waals surface area contributed by atoms with Crippen LogP contribution in [-0.2, 0) is 4.79 Å². The number of nitro groups is 1. The van der Waals surface area contributed by atoms with Gasteiger partial charge >= 0.3 is 0 Å². The van der Waals surface area contributed by atoms with E-state index < -0.39 is 29.1 Å². The van der Waals surface area contributed by atoms with Crippen molar-refractivity contribution < 1.29 is 28.0 Å². The maximum Gasteiger partial charge on any atom is 0.296 e. The van der Waals surface area contributed by atoms with Gasteiger partial charge < -0.3 is 14.8 Å². The van der Waals surface area contributed by atoms with Gasteiger partial charge in [-0.3, -0.25) is 14.9 Å². The minimum atomic E-state index is -0.958. The molecule has 0 aliphatic rings. The van der Waals surface area contributed by atoms with Crippen LogP contribution < -0.4 is 14.8 Å². The Hall–Kier alpha value is -3.23. The zero-order valence-corrected chi connectivity index (χ0v) is 13.1. The lowest BCUT2D eigenvalue weighted by Crippen LogP contribution is -2.21. The first-order valence-electron chi connectivity index (χ1n) is 7.19. The van der Waals surface area contributed by atoms with Crippen molar-refractivity contribution in [3.05, 3.63) is 58.1 Å². The first-order chi connectivity index (χ1) is 11.9. The van der Waals surface area contributed by atoms with Gasteiger partial charge in [-0.2, -0.15) is 0 Å². The molecule has 0 aromatic heterocycles. The Morgan fingerprint density at radius 3 is 2.60 bits per heavy atom. The number of nitro benzene ring substituents is 1. The average molecular weight is 352 g/mol. The number of nitrogens with zero attached hydrogens (tertiary/aromatic N) is 1. The summed E-state index contributed by atoms with van der Waals surface area (Å²) in [5, 5.41) is 13.4. The van der Waals surface area contributed by atoms with E-state index in [1.807, 2.05) is 0 Å². The van der Waals surface area contributed by atoms with E-state index in [9.17, 15) is 23.7 Å². The van der Waals surface area contributed by atoms with Crippen LogP contribution in [-0.4, -0.2) is 24.0 Å². The second kappa shape index (κ2) is 8.04. The Kier molecular flexibility index (Phi) is 5.83. The molecule has 0 aliphatic heterocycles. The second-order valence-electron chi connectivity index (χ2n) is 4.78. The van der Waals surface area contributed by atoms with Crippen molar-refractivity contribution in [1.29, 1.82) is 0 Å². The molecule has 132 valence electrons. The van der Waals surface area contributed by atoms with E-state index in [1.165, 1.54) is 18.2 Å². The van der Waals surface area contributed by atoms with E-state index in [-0.39, 0.29) is 22.9 Å². The van der Waals surface area contributed by atoms with E-state index in [0.717, 1.165) is 12.1 Å². The third kappa shape index (κ3) is 4.87. The summed E-state index contributed by atoms with van der Waals surface area (Å²) in [6.07, 6.45) is 0. The van der Waals surface area contributed by atoms with Crippen LogP contribution in [0.3, 0.4) is 0 Å². The fourth-order valence-corrected chi connectivity index (χ4v) is 1.95. The SMILES string of the molecule is CCOc1ccc(NC(=O)COc2ccc(F)cc2F)c([N+](=O)[O-])c1. The molecule has 9 heteroatoms. The molecule has 0 unspecified atom stereocenters. The van der Waals surface area contributed by atoms with Crippen LogP contribution in [0.4, 0.5) is 20.2 Å². The highest BCUT2D eigenvalue weighted by atomic mass is 19.1. The molecule has 2 rings (SSSR count). The Labute approximate surface area is 141 Å². The molecule has 1 N–H and O–H groups in total. The van der Waals surface area contributed by atoms with Crippen LogP contribution in [0.25, 0.3) is 0 Å². The van der Waals surface area contributed by atoms with Crippen molar-refractivity contribution in [2.75, 3.05) is 18.5 Å². The van der Waals surface area contributed by atoms with Gasteiger partial charge in [0, 0.05) is 6.07 Å². The van der Waals surface area contributed by atoms with E-state index in [1.54, 1.807) is 6.92 Å². The molecule has 1 amide bonds. The van der Waals surface area contributed by atoms with Crippen LogP contribution in [0.1, 0.15) is 6.92 Å². The van der Waals surface area contributed by atoms with Gasteiger partial charge in [0.1, 0.15) is 17.3 Å². The number of anilines is 1. The minimum absolute atomic E-state index is 0.0540. The molecule has 0 aliphatic carbocycles. The quantitative estimate of drug-likeness (QED) is 0.610. The maximum absolute atomic E-state index is 13.4. The molecule has 0 bridgehead atoms. The van der Waals surface area contributed by atoms with Crippen LogP contribution in [0.5, 0.6) is 11.5 Å². The summed E-state index contributed by atoms with van der Waals surface area (Å²) in [5.74, 6) is -2.50. The average Bonchev–Trinajstić information content (AvgIpc) is 2.55. The highest BCUT2D eigenvalue weighted by Crippen LogP contribution is 2.29. The molecule has 0 radical (unpaired) electrons. The van der Waals surface area contributed by atoms with Gasteiger partial charge in [0.2, 0.25) is 0 Å². The summed E-state index contributed by atoms with van der Waals surface area (Å²) in [7, 11) is 0. The number of hydrogen-bond acceptors (Lipinski definition) is 5. The summed E-state index contributed by atoms with van der Waals surface area (Å²) in [4.78, 5) is 22.3. The maximum atomic E-state index is 13.4. The number of halogens is 2. The number of carbonyl (C=O) groups is 1. The van der Waals surface area contributed by atoms with Gasteiger partial charge in [-0.25, -0.2) is 8.78 Å². The monoisotopic (exact) mass is 352 g/mol. The standard InChI is InChI=1S/C16H14F2N2O5/c1-2-24-11-4-5-13(14(8-11)20(22)23)19-16(21)9-25-15-6-3-10(17)7-12(15)18/h3-8H,2,9H2,1H3,(H,19,21). The van der Waals surface area contributed by atoms with Crippen LogP contribution >= 0.6 is 0 Å². The van der Waals surface area contributed by atoms with Crippen LogP contribution in [0, 0.1) is 21.7 Å². The molecule has 7 nitrogen and oxygen atoms in total. The molecule has 0 atom stereocenters. The third-order valence-electron chi connectivity index (χ3n) is 3.00. The summed E-state index contributed by atoms with van der Waals surface area (Å²) in [5.41, 5.74) is -0.408. The van der Waals surface area contributed by atoms with Gasteiger partial charge in [-0.1, -0.05) is 0 Å². The Morgan fingerprint density at radius 2 is 1.96 bits per heavy atom. The second-order valence-corrected chi connectivity index (χ2v) is 4.78. The summed E-state index contributed by atoms with van der Waals surface area (Å²) in [6, 6.07) is 6.60. The summed E-state index contributed by atoms with van der Waals surface area (Å²) >= 11 is 0. The molecular formula is C16H14F2N2O5. The van der Waals surface area contributed by atoms with Gasteiger partial charge in [-0.15, -0.1) is 0 Å². The van der Waals surface area contributed by atoms with Crippen molar-refractivity contribution in [3.8, 4) is 11.5 Å². The van der Waals surface area contributed by atoms with Gasteiger partial charge in [0.25, 0.3) is 11.6 Å². The number of rotatable bonds is 7. The topological polar surface area (TPSA) is 90.7 Å². The van der Waals surface area contributed by atoms with Crippen molar-refractivity contribution in [1.82, 2.24) is 0 Å². The smallest absolute Gasteiger partial charge is 0.296 e. The zero-order chi connectivity index (χ0) is 18.4. The molecule has 25 heavy (non-hydrogen) atoms. The largest absolute Gasteiger partial charge is 0.494 e. The van der Waals surface area contributed by atoms with E-state index in [0.29, 0.717) is 12.7 Å². The van der Waals surface area contributed by atoms with Gasteiger partial charge in [0.05, 0.1) is 17.6 Å². The Balaban J connectivity index is 2.05. The van der Waals surface area contributed by atoms with Crippen molar-refractivity contribution in [3.63, 3.8) is 0 Å². The number of ether oxygens (including phenoxy) is 2. The molecular weight excluding hydrogens is 338 g/mol. The molecule has 0 spiro atoms. The van der Waals surface area contributed by atoms with E-state index >= 15 is 0 Å². The third-order valence-corrected chi connectivity index (χ3v) is 3.00. The van der Waals surface area contributed by atoms with E-state index in [2.05, 4.69) is 5.32 Å². The van der Waals surface area contributed by atoms with E-state index in [4.69, 9.17) is 9.47 Å². The first-order valence-corrected chi connectivity index (χ1v) is 7.19. The molecule has 2 aromatic rings. The number of nitrogens with one attached hydrogen (secondary N) is 1. The van der Waals surface area contributed by atoms with Crippen molar-refractivity contribution in [2.24, 2.45) is 0 Å². The fourth-order valence-electron chi connectivity index (χ4n) is 1.95. The molecule has 2 aromatic carbocycles. The van der Waals surface area contributed by atoms with Gasteiger partial charge in [-0.05, 0) is 31.2 Å². The van der Waals surface area contributed by atoms with Crippen LogP contribution in [0.2, 0.25) is 0 Å². The molecule has 0 saturated heterocycles. The number of carbonyl (C=O) groups excluding carboxylic acids is 1.